The number of likely N-dealkylation sites (N-methyl/N-ethyl adjacent to an activating group) is 1. The van der Waals surface area contributed by atoms with Crippen molar-refractivity contribution in [3.63, 3.8) is 0 Å². The highest BCUT2D eigenvalue weighted by molar-refractivity contribution is 7.11. The first kappa shape index (κ1) is 19.9. The number of nitrogens with one attached hydrogen (secondary N) is 1. The summed E-state index contributed by atoms with van der Waals surface area (Å²) in [6.45, 7) is 3.94. The molecule has 6 nitrogen and oxygen atoms in total. The van der Waals surface area contributed by atoms with Crippen LogP contribution in [0.2, 0.25) is 0 Å². The van der Waals surface area contributed by atoms with Gasteiger partial charge in [0.25, 0.3) is 11.8 Å². The number of benzene rings is 1. The zero-order valence-electron chi connectivity index (χ0n) is 15.6. The average molecular weight is 375 g/mol. The fourth-order valence-electron chi connectivity index (χ4n) is 2.50. The second-order valence-electron chi connectivity index (χ2n) is 6.03. The third-order valence-electron chi connectivity index (χ3n) is 4.04. The zero-order chi connectivity index (χ0) is 19.1. The molecule has 1 N–H and O–H groups in total. The van der Waals surface area contributed by atoms with Gasteiger partial charge in [-0.3, -0.25) is 9.59 Å². The number of thiazole rings is 1. The van der Waals surface area contributed by atoms with Crippen molar-refractivity contribution in [2.24, 2.45) is 0 Å². The smallest absolute Gasteiger partial charge is 0.263 e. The van der Waals surface area contributed by atoms with Crippen LogP contribution in [-0.2, 0) is 11.2 Å². The third-order valence-corrected chi connectivity index (χ3v) is 4.91. The maximum absolute atomic E-state index is 12.7. The van der Waals surface area contributed by atoms with E-state index in [1.54, 1.807) is 19.6 Å². The molecule has 0 saturated carbocycles. The first-order valence-electron chi connectivity index (χ1n) is 8.62. The number of nitrogens with zero attached hydrogens (tertiary/aromatic N) is 2. The lowest BCUT2D eigenvalue weighted by atomic mass is 10.0. The van der Waals surface area contributed by atoms with Gasteiger partial charge in [0.05, 0.1) is 17.2 Å². The Morgan fingerprint density at radius 2 is 2.00 bits per heavy atom. The second-order valence-corrected chi connectivity index (χ2v) is 6.89. The minimum absolute atomic E-state index is 0.0385. The van der Waals surface area contributed by atoms with Crippen LogP contribution in [-0.4, -0.2) is 42.4 Å². The van der Waals surface area contributed by atoms with Crippen LogP contribution in [0.5, 0.6) is 5.75 Å². The Balaban J connectivity index is 2.16. The van der Waals surface area contributed by atoms with E-state index in [0.717, 1.165) is 17.7 Å². The molecule has 2 rings (SSSR count). The van der Waals surface area contributed by atoms with Crippen molar-refractivity contribution in [3.05, 3.63) is 45.9 Å². The van der Waals surface area contributed by atoms with E-state index in [-0.39, 0.29) is 24.5 Å². The summed E-state index contributed by atoms with van der Waals surface area (Å²) < 4.78 is 5.71. The number of carbonyl (C=O) groups excluding carboxylic acids is 2. The molecule has 140 valence electrons. The van der Waals surface area contributed by atoms with Crippen LogP contribution in [0, 0.1) is 0 Å². The molecule has 0 aliphatic heterocycles. The molecule has 0 aliphatic carbocycles. The molecular weight excluding hydrogens is 350 g/mol. The highest BCUT2D eigenvalue weighted by Gasteiger charge is 2.21. The molecule has 1 atom stereocenters. The highest BCUT2D eigenvalue weighted by Crippen LogP contribution is 2.28. The van der Waals surface area contributed by atoms with Crippen LogP contribution in [0.4, 0.5) is 0 Å². The summed E-state index contributed by atoms with van der Waals surface area (Å²) in [5, 5.41) is 3.07. The van der Waals surface area contributed by atoms with E-state index >= 15 is 0 Å². The van der Waals surface area contributed by atoms with E-state index in [2.05, 4.69) is 10.3 Å². The molecule has 2 aromatic rings. The lowest BCUT2D eigenvalue weighted by Gasteiger charge is -2.21. The predicted molar refractivity (Wildman–Crippen MR) is 103 cm³/mol. The molecule has 1 unspecified atom stereocenters. The standard InChI is InChI=1S/C19H25N3O3S/c1-5-14(21-19(24)18-15(6-2)20-12-26-18)13-9-7-8-10-16(13)25-11-17(23)22(3)4/h7-10,12,14H,5-6,11H2,1-4H3,(H,21,24). The molecule has 1 aromatic heterocycles. The van der Waals surface area contributed by atoms with Crippen molar-refractivity contribution in [1.29, 1.82) is 0 Å². The number of carbonyl (C=O) groups is 2. The molecule has 26 heavy (non-hydrogen) atoms. The van der Waals surface area contributed by atoms with Crippen LogP contribution in [0.1, 0.15) is 47.2 Å². The summed E-state index contributed by atoms with van der Waals surface area (Å²) in [7, 11) is 3.38. The fourth-order valence-corrected chi connectivity index (χ4v) is 3.28. The minimum atomic E-state index is -0.208. The summed E-state index contributed by atoms with van der Waals surface area (Å²) in [6.07, 6.45) is 1.42. The normalized spacial score (nSPS) is 11.7. The van der Waals surface area contributed by atoms with Gasteiger partial charge in [-0.05, 0) is 18.9 Å². The van der Waals surface area contributed by atoms with Gasteiger partial charge in [0.15, 0.2) is 6.61 Å². The summed E-state index contributed by atoms with van der Waals surface area (Å²) in [4.78, 5) is 30.8. The van der Waals surface area contributed by atoms with Crippen LogP contribution in [0.25, 0.3) is 0 Å². The van der Waals surface area contributed by atoms with E-state index in [9.17, 15) is 9.59 Å². The topological polar surface area (TPSA) is 71.5 Å². The molecule has 0 spiro atoms. The first-order valence-corrected chi connectivity index (χ1v) is 9.50. The van der Waals surface area contributed by atoms with E-state index in [1.165, 1.54) is 16.2 Å². The molecule has 1 aromatic carbocycles. The number of amides is 2. The Hall–Kier alpha value is -2.41. The highest BCUT2D eigenvalue weighted by atomic mass is 32.1. The number of hydrogen-bond acceptors (Lipinski definition) is 5. The van der Waals surface area contributed by atoms with Gasteiger partial charge >= 0.3 is 0 Å². The first-order chi connectivity index (χ1) is 12.5. The number of aromatic nitrogens is 1. The number of rotatable bonds is 8. The molecule has 7 heteroatoms. The Kier molecular flexibility index (Phi) is 7.15. The van der Waals surface area contributed by atoms with E-state index in [0.29, 0.717) is 17.0 Å². The Labute approximate surface area is 158 Å². The quantitative estimate of drug-likeness (QED) is 0.770. The molecule has 0 radical (unpaired) electrons. The van der Waals surface area contributed by atoms with Crippen molar-refractivity contribution < 1.29 is 14.3 Å². The van der Waals surface area contributed by atoms with Crippen molar-refractivity contribution in [2.45, 2.75) is 32.7 Å². The Morgan fingerprint density at radius 1 is 1.27 bits per heavy atom. The number of ether oxygens (including phenoxy) is 1. The zero-order valence-corrected chi connectivity index (χ0v) is 16.4. The van der Waals surface area contributed by atoms with Crippen LogP contribution in [0.3, 0.4) is 0 Å². The monoisotopic (exact) mass is 375 g/mol. The summed E-state index contributed by atoms with van der Waals surface area (Å²) in [5.41, 5.74) is 3.36. The van der Waals surface area contributed by atoms with Gasteiger partial charge in [0.1, 0.15) is 10.6 Å². The van der Waals surface area contributed by atoms with E-state index in [4.69, 9.17) is 4.74 Å². The molecule has 0 bridgehead atoms. The molecule has 0 aliphatic rings. The van der Waals surface area contributed by atoms with E-state index < -0.39 is 0 Å². The number of para-hydroxylation sites is 1. The van der Waals surface area contributed by atoms with Crippen LogP contribution < -0.4 is 10.1 Å². The molecule has 0 fully saturated rings. The van der Waals surface area contributed by atoms with Gasteiger partial charge in [-0.15, -0.1) is 11.3 Å². The second kappa shape index (κ2) is 9.33. The third kappa shape index (κ3) is 4.82. The lowest BCUT2D eigenvalue weighted by Crippen LogP contribution is -2.30. The van der Waals surface area contributed by atoms with Gasteiger partial charge in [-0.25, -0.2) is 4.98 Å². The van der Waals surface area contributed by atoms with Crippen molar-refractivity contribution in [2.75, 3.05) is 20.7 Å². The maximum atomic E-state index is 12.7. The fraction of sp³-hybridized carbons (Fsp3) is 0.421. The minimum Gasteiger partial charge on any atom is -0.483 e. The SMILES string of the molecule is CCc1ncsc1C(=O)NC(CC)c1ccccc1OCC(=O)N(C)C. The summed E-state index contributed by atoms with van der Waals surface area (Å²) >= 11 is 1.35. The van der Waals surface area contributed by atoms with E-state index in [1.807, 2.05) is 38.1 Å². The summed E-state index contributed by atoms with van der Waals surface area (Å²) in [5.74, 6) is 0.361. The maximum Gasteiger partial charge on any atom is 0.263 e. The van der Waals surface area contributed by atoms with Gasteiger partial charge in [-0.2, -0.15) is 0 Å². The van der Waals surface area contributed by atoms with Crippen molar-refractivity contribution in [1.82, 2.24) is 15.2 Å². The van der Waals surface area contributed by atoms with Crippen molar-refractivity contribution in [3.8, 4) is 5.75 Å². The Bertz CT molecular complexity index is 758. The molecule has 0 saturated heterocycles. The predicted octanol–water partition coefficient (Wildman–Crippen LogP) is 3.05. The van der Waals surface area contributed by atoms with Gasteiger partial charge in [-0.1, -0.05) is 32.0 Å². The molecular formula is C19H25N3O3S. The molecule has 1 heterocycles. The summed E-state index contributed by atoms with van der Waals surface area (Å²) in [6, 6.07) is 7.27. The van der Waals surface area contributed by atoms with Gasteiger partial charge in [0.2, 0.25) is 0 Å². The molecule has 2 amide bonds. The lowest BCUT2D eigenvalue weighted by molar-refractivity contribution is -0.130. The largest absolute Gasteiger partial charge is 0.483 e. The number of hydrogen-bond donors (Lipinski definition) is 1. The van der Waals surface area contributed by atoms with Gasteiger partial charge < -0.3 is 15.0 Å². The van der Waals surface area contributed by atoms with Crippen LogP contribution in [0.15, 0.2) is 29.8 Å². The van der Waals surface area contributed by atoms with Crippen molar-refractivity contribution >= 4 is 23.2 Å². The Morgan fingerprint density at radius 3 is 2.65 bits per heavy atom. The average Bonchev–Trinajstić information content (AvgIpc) is 3.13. The number of aryl methyl sites for hydroxylation is 1. The van der Waals surface area contributed by atoms with Crippen LogP contribution >= 0.6 is 11.3 Å². The van der Waals surface area contributed by atoms with Gasteiger partial charge in [0, 0.05) is 19.7 Å².